The summed E-state index contributed by atoms with van der Waals surface area (Å²) in [6.07, 6.45) is -9.66. The van der Waals surface area contributed by atoms with Gasteiger partial charge in [-0.1, -0.05) is 11.8 Å². The molecule has 0 unspecified atom stereocenters. The van der Waals surface area contributed by atoms with Gasteiger partial charge in [0.25, 0.3) is 5.60 Å². The summed E-state index contributed by atoms with van der Waals surface area (Å²) in [4.78, 5) is 14.4. The Morgan fingerprint density at radius 1 is 1.10 bits per heavy atom. The number of aromatic nitrogens is 1. The minimum absolute atomic E-state index is 0.0845. The van der Waals surface area contributed by atoms with Crippen LogP contribution >= 0.6 is 23.1 Å². The zero-order chi connectivity index (χ0) is 21.9. The van der Waals surface area contributed by atoms with Crippen molar-refractivity contribution in [2.75, 3.05) is 0 Å². The van der Waals surface area contributed by atoms with E-state index in [-0.39, 0.29) is 27.2 Å². The molecule has 1 saturated carbocycles. The Kier molecular flexibility index (Phi) is 4.94. The van der Waals surface area contributed by atoms with E-state index in [1.807, 2.05) is 0 Å². The van der Waals surface area contributed by atoms with Crippen LogP contribution in [-0.4, -0.2) is 22.4 Å². The Morgan fingerprint density at radius 2 is 1.77 bits per heavy atom. The van der Waals surface area contributed by atoms with E-state index >= 15 is 0 Å². The highest BCUT2D eigenvalue weighted by Gasteiger charge is 2.72. The van der Waals surface area contributed by atoms with Gasteiger partial charge in [-0.2, -0.15) is 26.3 Å². The Bertz CT molecular complexity index is 1150. The fourth-order valence-corrected chi connectivity index (χ4v) is 5.09. The molecule has 2 heterocycles. The Balaban J connectivity index is 1.67. The van der Waals surface area contributed by atoms with E-state index < -0.39 is 28.5 Å². The van der Waals surface area contributed by atoms with Crippen molar-refractivity contribution < 1.29 is 35.9 Å². The van der Waals surface area contributed by atoms with Crippen LogP contribution in [0.3, 0.4) is 0 Å². The van der Waals surface area contributed by atoms with Gasteiger partial charge in [0.15, 0.2) is 4.34 Å². The van der Waals surface area contributed by atoms with E-state index in [2.05, 4.69) is 4.98 Å². The maximum Gasteiger partial charge on any atom is 0.431 e. The number of hydrogen-bond acceptors (Lipinski definition) is 6. The lowest BCUT2D eigenvalue weighted by molar-refractivity contribution is -0.375. The number of thiazole rings is 1. The average molecular weight is 467 g/mol. The SMILES string of the molecule is O=c1cc(C2CC2)c2ccc(Sc3ncc(C(O)(C(F)(F)F)C(F)(F)F)s3)cc2o1. The monoisotopic (exact) mass is 467 g/mol. The lowest BCUT2D eigenvalue weighted by Crippen LogP contribution is -2.53. The van der Waals surface area contributed by atoms with Crippen molar-refractivity contribution >= 4 is 34.1 Å². The number of fused-ring (bicyclic) bond motifs is 1. The van der Waals surface area contributed by atoms with Crippen molar-refractivity contribution in [2.24, 2.45) is 0 Å². The summed E-state index contributed by atoms with van der Waals surface area (Å²) in [5.74, 6) is 0.277. The molecule has 0 aliphatic heterocycles. The molecular formula is C18H11F6NO3S2. The summed E-state index contributed by atoms with van der Waals surface area (Å²) >= 11 is 0.880. The van der Waals surface area contributed by atoms with E-state index in [9.17, 15) is 36.2 Å². The Morgan fingerprint density at radius 3 is 2.37 bits per heavy atom. The molecule has 0 bridgehead atoms. The van der Waals surface area contributed by atoms with Crippen molar-refractivity contribution in [3.05, 3.63) is 51.3 Å². The molecule has 0 saturated heterocycles. The van der Waals surface area contributed by atoms with Gasteiger partial charge < -0.3 is 9.52 Å². The van der Waals surface area contributed by atoms with Gasteiger partial charge in [-0.15, -0.1) is 11.3 Å². The Hall–Kier alpha value is -2.05. The molecule has 2 aromatic heterocycles. The largest absolute Gasteiger partial charge is 0.431 e. The molecule has 1 aliphatic rings. The van der Waals surface area contributed by atoms with Crippen LogP contribution < -0.4 is 5.63 Å². The fraction of sp³-hybridized carbons (Fsp3) is 0.333. The normalized spacial score (nSPS) is 15.7. The third-order valence-electron chi connectivity index (χ3n) is 4.63. The van der Waals surface area contributed by atoms with Crippen molar-refractivity contribution in [3.8, 4) is 0 Å². The summed E-state index contributed by atoms with van der Waals surface area (Å²) in [5, 5.41) is 10.2. The highest BCUT2D eigenvalue weighted by molar-refractivity contribution is 8.01. The third kappa shape index (κ3) is 3.60. The highest BCUT2D eigenvalue weighted by atomic mass is 32.2. The second-order valence-corrected chi connectivity index (χ2v) is 9.10. The number of aliphatic hydroxyl groups is 1. The lowest BCUT2D eigenvalue weighted by Gasteiger charge is -2.30. The van der Waals surface area contributed by atoms with Crippen LogP contribution in [0.1, 0.15) is 29.2 Å². The van der Waals surface area contributed by atoms with Crippen molar-refractivity contribution in [1.82, 2.24) is 4.98 Å². The Labute approximate surface area is 172 Å². The zero-order valence-electron chi connectivity index (χ0n) is 14.7. The molecule has 4 nitrogen and oxygen atoms in total. The predicted molar refractivity (Wildman–Crippen MR) is 96.7 cm³/mol. The van der Waals surface area contributed by atoms with Gasteiger partial charge >= 0.3 is 18.0 Å². The van der Waals surface area contributed by atoms with Gasteiger partial charge in [0, 0.05) is 22.5 Å². The van der Waals surface area contributed by atoms with Crippen molar-refractivity contribution in [2.45, 2.75) is 45.9 Å². The van der Waals surface area contributed by atoms with Gasteiger partial charge in [0.1, 0.15) is 5.58 Å². The second kappa shape index (κ2) is 6.99. The topological polar surface area (TPSA) is 63.3 Å². The number of halogens is 6. The standard InChI is InChI=1S/C18H11F6NO3S2/c19-17(20,21)16(27,18(22,23)24)13-7-25-15(30-13)29-9-3-4-10-11(8-1-2-8)6-14(26)28-12(10)5-9/h3-8,27H,1-2H2. The quantitative estimate of drug-likeness (QED) is 0.400. The molecule has 0 amide bonds. The predicted octanol–water partition coefficient (Wildman–Crippen LogP) is 5.59. The van der Waals surface area contributed by atoms with Gasteiger partial charge in [-0.3, -0.25) is 0 Å². The number of hydrogen-bond donors (Lipinski definition) is 1. The van der Waals surface area contributed by atoms with Crippen LogP contribution in [0.15, 0.2) is 48.9 Å². The van der Waals surface area contributed by atoms with Crippen LogP contribution in [-0.2, 0) is 5.60 Å². The molecular weight excluding hydrogens is 456 g/mol. The van der Waals surface area contributed by atoms with Crippen molar-refractivity contribution in [1.29, 1.82) is 0 Å². The summed E-state index contributed by atoms with van der Waals surface area (Å²) in [7, 11) is 0. The minimum atomic E-state index is -5.97. The molecule has 30 heavy (non-hydrogen) atoms. The fourth-order valence-electron chi connectivity index (χ4n) is 2.98. The van der Waals surface area contributed by atoms with Crippen molar-refractivity contribution in [3.63, 3.8) is 0 Å². The summed E-state index contributed by atoms with van der Waals surface area (Å²) in [5.41, 5.74) is -4.42. The first-order chi connectivity index (χ1) is 13.9. The van der Waals surface area contributed by atoms with E-state index in [1.165, 1.54) is 12.1 Å². The molecule has 4 rings (SSSR count). The molecule has 1 aromatic carbocycles. The minimum Gasteiger partial charge on any atom is -0.423 e. The lowest BCUT2D eigenvalue weighted by atomic mass is 10.0. The summed E-state index contributed by atoms with van der Waals surface area (Å²) < 4.78 is 83.1. The molecule has 1 aliphatic carbocycles. The molecule has 3 aromatic rings. The van der Waals surface area contributed by atoms with Gasteiger partial charge in [0.05, 0.1) is 4.88 Å². The first-order valence-electron chi connectivity index (χ1n) is 8.48. The van der Waals surface area contributed by atoms with E-state index in [1.54, 1.807) is 12.1 Å². The van der Waals surface area contributed by atoms with E-state index in [0.29, 0.717) is 11.1 Å². The van der Waals surface area contributed by atoms with Gasteiger partial charge in [-0.05, 0) is 42.5 Å². The van der Waals surface area contributed by atoms with Crippen LogP contribution in [0, 0.1) is 0 Å². The number of alkyl halides is 6. The number of nitrogens with zero attached hydrogens (tertiary/aromatic N) is 1. The first kappa shape index (κ1) is 21.2. The van der Waals surface area contributed by atoms with Crippen LogP contribution in [0.5, 0.6) is 0 Å². The second-order valence-electron chi connectivity index (χ2n) is 6.75. The molecule has 0 atom stereocenters. The highest BCUT2D eigenvalue weighted by Crippen LogP contribution is 2.52. The van der Waals surface area contributed by atoms with Crippen LogP contribution in [0.4, 0.5) is 26.3 Å². The molecule has 0 radical (unpaired) electrons. The average Bonchev–Trinajstić information content (AvgIpc) is 3.37. The molecule has 0 spiro atoms. The molecule has 1 fully saturated rings. The zero-order valence-corrected chi connectivity index (χ0v) is 16.3. The number of rotatable bonds is 4. The molecule has 1 N–H and O–H groups in total. The maximum atomic E-state index is 13.0. The first-order valence-corrected chi connectivity index (χ1v) is 10.1. The third-order valence-corrected chi connectivity index (χ3v) is 6.80. The molecule has 160 valence electrons. The van der Waals surface area contributed by atoms with Gasteiger partial charge in [-0.25, -0.2) is 9.78 Å². The van der Waals surface area contributed by atoms with E-state index in [4.69, 9.17) is 4.42 Å². The smallest absolute Gasteiger partial charge is 0.423 e. The van der Waals surface area contributed by atoms with Crippen LogP contribution in [0.2, 0.25) is 0 Å². The van der Waals surface area contributed by atoms with Gasteiger partial charge in [0.2, 0.25) is 0 Å². The summed E-state index contributed by atoms with van der Waals surface area (Å²) in [6, 6.07) is 6.20. The maximum absolute atomic E-state index is 13.0. The molecule has 12 heteroatoms. The van der Waals surface area contributed by atoms with E-state index in [0.717, 1.165) is 35.6 Å². The van der Waals surface area contributed by atoms with Crippen LogP contribution in [0.25, 0.3) is 11.0 Å². The number of benzene rings is 1. The summed E-state index contributed by atoms with van der Waals surface area (Å²) in [6.45, 7) is 0.